The van der Waals surface area contributed by atoms with Crippen LogP contribution in [0.5, 0.6) is 5.75 Å². The second-order valence-electron chi connectivity index (χ2n) is 6.33. The second kappa shape index (κ2) is 6.69. The molecule has 2 aliphatic heterocycles. The molecule has 1 saturated heterocycles. The van der Waals surface area contributed by atoms with Gasteiger partial charge in [0.25, 0.3) is 5.91 Å². The van der Waals surface area contributed by atoms with Crippen molar-refractivity contribution in [3.63, 3.8) is 0 Å². The van der Waals surface area contributed by atoms with Gasteiger partial charge in [0.05, 0.1) is 24.9 Å². The number of anilines is 1. The van der Waals surface area contributed by atoms with Crippen molar-refractivity contribution >= 4 is 11.6 Å². The molecule has 1 aromatic carbocycles. The van der Waals surface area contributed by atoms with Crippen LogP contribution in [0.25, 0.3) is 0 Å². The maximum absolute atomic E-state index is 12.6. The molecule has 1 aliphatic carbocycles. The molecule has 1 aromatic rings. The Kier molecular flexibility index (Phi) is 4.26. The zero-order valence-corrected chi connectivity index (χ0v) is 13.7. The number of carbonyl (C=O) groups excluding carboxylic acids is 1. The molecule has 126 valence electrons. The molecule has 0 radical (unpaired) electrons. The lowest BCUT2D eigenvalue weighted by atomic mass is 9.97. The summed E-state index contributed by atoms with van der Waals surface area (Å²) in [4.78, 5) is 14.4. The minimum Gasteiger partial charge on any atom is -0.489 e. The molecule has 1 N–H and O–H groups in total. The average Bonchev–Trinajstić information content (AvgIpc) is 2.68. The van der Waals surface area contributed by atoms with Crippen LogP contribution < -0.4 is 10.1 Å². The lowest BCUT2D eigenvalue weighted by Crippen LogP contribution is -2.40. The zero-order valence-electron chi connectivity index (χ0n) is 13.7. The van der Waals surface area contributed by atoms with Crippen molar-refractivity contribution in [2.24, 2.45) is 0 Å². The van der Waals surface area contributed by atoms with E-state index in [1.54, 1.807) is 0 Å². The minimum atomic E-state index is 0.0481. The number of carbonyl (C=O) groups is 1. The first-order valence-electron chi connectivity index (χ1n) is 8.57. The number of morpholine rings is 1. The van der Waals surface area contributed by atoms with Gasteiger partial charge in [-0.2, -0.15) is 0 Å². The lowest BCUT2D eigenvalue weighted by Gasteiger charge is -2.31. The standard InChI is InChI=1S/C19H22N2O3/c22-19(21-8-10-23-11-9-21)15-6-7-16-18(12-15)24-13-17(20-16)14-4-2-1-3-5-14/h1-2,4,6-7,12,17,20H,3,5,8-11,13H2. The van der Waals surface area contributed by atoms with Crippen molar-refractivity contribution in [1.29, 1.82) is 0 Å². The fraction of sp³-hybridized carbons (Fsp3) is 0.421. The number of nitrogens with zero attached hydrogens (tertiary/aromatic N) is 1. The van der Waals surface area contributed by atoms with Gasteiger partial charge in [0.1, 0.15) is 12.4 Å². The van der Waals surface area contributed by atoms with Crippen molar-refractivity contribution in [1.82, 2.24) is 4.90 Å². The number of benzene rings is 1. The molecule has 0 spiro atoms. The van der Waals surface area contributed by atoms with E-state index in [2.05, 4.69) is 23.5 Å². The molecule has 0 aromatic heterocycles. The van der Waals surface area contributed by atoms with E-state index in [0.717, 1.165) is 24.3 Å². The fourth-order valence-electron chi connectivity index (χ4n) is 3.36. The van der Waals surface area contributed by atoms with E-state index in [9.17, 15) is 4.79 Å². The Balaban J connectivity index is 1.49. The molecule has 24 heavy (non-hydrogen) atoms. The van der Waals surface area contributed by atoms with Gasteiger partial charge in [-0.05, 0) is 36.6 Å². The third-order valence-corrected chi connectivity index (χ3v) is 4.76. The third-order valence-electron chi connectivity index (χ3n) is 4.76. The summed E-state index contributed by atoms with van der Waals surface area (Å²) in [5.74, 6) is 0.810. The summed E-state index contributed by atoms with van der Waals surface area (Å²) in [7, 11) is 0. The Hall–Kier alpha value is -2.27. The lowest BCUT2D eigenvalue weighted by molar-refractivity contribution is 0.0302. The monoisotopic (exact) mass is 326 g/mol. The summed E-state index contributed by atoms with van der Waals surface area (Å²) < 4.78 is 11.3. The Bertz CT molecular complexity index is 690. The Morgan fingerprint density at radius 2 is 2.12 bits per heavy atom. The minimum absolute atomic E-state index is 0.0481. The molecule has 1 atom stereocenters. The van der Waals surface area contributed by atoms with E-state index >= 15 is 0 Å². The molecule has 0 bridgehead atoms. The van der Waals surface area contributed by atoms with Gasteiger partial charge in [-0.3, -0.25) is 4.79 Å². The number of fused-ring (bicyclic) bond motifs is 1. The largest absolute Gasteiger partial charge is 0.489 e. The topological polar surface area (TPSA) is 50.8 Å². The van der Waals surface area contributed by atoms with Crippen LogP contribution in [-0.2, 0) is 4.74 Å². The molecule has 1 fully saturated rings. The molecule has 3 aliphatic rings. The summed E-state index contributed by atoms with van der Waals surface area (Å²) in [5, 5.41) is 3.54. The smallest absolute Gasteiger partial charge is 0.254 e. The maximum atomic E-state index is 12.6. The fourth-order valence-corrected chi connectivity index (χ4v) is 3.36. The maximum Gasteiger partial charge on any atom is 0.254 e. The summed E-state index contributed by atoms with van der Waals surface area (Å²) in [6, 6.07) is 5.90. The molecular formula is C19H22N2O3. The SMILES string of the molecule is O=C(c1ccc2c(c1)OCC(C1=CC=CCC1)N2)N1CCOCC1. The van der Waals surface area contributed by atoms with E-state index < -0.39 is 0 Å². The molecule has 5 nitrogen and oxygen atoms in total. The number of hydrogen-bond donors (Lipinski definition) is 1. The van der Waals surface area contributed by atoms with Crippen LogP contribution in [0.15, 0.2) is 42.0 Å². The van der Waals surface area contributed by atoms with Gasteiger partial charge in [0.2, 0.25) is 0 Å². The predicted octanol–water partition coefficient (Wildman–Crippen LogP) is 2.61. The predicted molar refractivity (Wildman–Crippen MR) is 92.5 cm³/mol. The van der Waals surface area contributed by atoms with Crippen LogP contribution in [0.3, 0.4) is 0 Å². The van der Waals surface area contributed by atoms with Gasteiger partial charge < -0.3 is 19.7 Å². The summed E-state index contributed by atoms with van der Waals surface area (Å²) in [6.07, 6.45) is 8.63. The highest BCUT2D eigenvalue weighted by Gasteiger charge is 2.25. The van der Waals surface area contributed by atoms with E-state index in [4.69, 9.17) is 9.47 Å². The number of hydrogen-bond acceptors (Lipinski definition) is 4. The Morgan fingerprint density at radius 1 is 1.25 bits per heavy atom. The number of ether oxygens (including phenoxy) is 2. The first-order chi connectivity index (χ1) is 11.8. The summed E-state index contributed by atoms with van der Waals surface area (Å²) in [5.41, 5.74) is 3.01. The van der Waals surface area contributed by atoms with Crippen molar-refractivity contribution in [2.45, 2.75) is 18.9 Å². The Labute approximate surface area is 141 Å². The summed E-state index contributed by atoms with van der Waals surface area (Å²) >= 11 is 0. The van der Waals surface area contributed by atoms with Gasteiger partial charge in [0.15, 0.2) is 0 Å². The molecule has 2 heterocycles. The Morgan fingerprint density at radius 3 is 2.92 bits per heavy atom. The van der Waals surface area contributed by atoms with E-state index in [1.165, 1.54) is 5.57 Å². The van der Waals surface area contributed by atoms with Crippen LogP contribution in [0.1, 0.15) is 23.2 Å². The molecule has 4 rings (SSSR count). The summed E-state index contributed by atoms with van der Waals surface area (Å²) in [6.45, 7) is 3.12. The molecule has 0 saturated carbocycles. The number of amides is 1. The van der Waals surface area contributed by atoms with Gasteiger partial charge in [-0.1, -0.05) is 18.2 Å². The first kappa shape index (κ1) is 15.3. The highest BCUT2D eigenvalue weighted by Crippen LogP contribution is 2.33. The highest BCUT2D eigenvalue weighted by molar-refractivity contribution is 5.95. The van der Waals surface area contributed by atoms with Gasteiger partial charge >= 0.3 is 0 Å². The number of nitrogens with one attached hydrogen (secondary N) is 1. The van der Waals surface area contributed by atoms with Gasteiger partial charge in [0, 0.05) is 18.7 Å². The first-order valence-corrected chi connectivity index (χ1v) is 8.57. The molecular weight excluding hydrogens is 304 g/mol. The average molecular weight is 326 g/mol. The van der Waals surface area contributed by atoms with Crippen molar-refractivity contribution in [2.75, 3.05) is 38.2 Å². The third kappa shape index (κ3) is 3.04. The van der Waals surface area contributed by atoms with Crippen LogP contribution >= 0.6 is 0 Å². The number of allylic oxidation sites excluding steroid dienone is 3. The molecule has 1 amide bonds. The van der Waals surface area contributed by atoms with E-state index in [0.29, 0.717) is 38.5 Å². The van der Waals surface area contributed by atoms with Crippen LogP contribution in [-0.4, -0.2) is 49.8 Å². The zero-order chi connectivity index (χ0) is 16.4. The number of rotatable bonds is 2. The van der Waals surface area contributed by atoms with Gasteiger partial charge in [-0.15, -0.1) is 0 Å². The van der Waals surface area contributed by atoms with Crippen LogP contribution in [0.4, 0.5) is 5.69 Å². The normalized spacial score (nSPS) is 22.9. The molecule has 5 heteroatoms. The second-order valence-corrected chi connectivity index (χ2v) is 6.33. The van der Waals surface area contributed by atoms with Crippen LogP contribution in [0.2, 0.25) is 0 Å². The quantitative estimate of drug-likeness (QED) is 0.908. The van der Waals surface area contributed by atoms with Crippen molar-refractivity contribution in [3.8, 4) is 5.75 Å². The highest BCUT2D eigenvalue weighted by atomic mass is 16.5. The van der Waals surface area contributed by atoms with Crippen LogP contribution in [0, 0.1) is 0 Å². The van der Waals surface area contributed by atoms with Gasteiger partial charge in [-0.25, -0.2) is 0 Å². The molecule has 1 unspecified atom stereocenters. The van der Waals surface area contributed by atoms with Crippen molar-refractivity contribution in [3.05, 3.63) is 47.6 Å². The van der Waals surface area contributed by atoms with Crippen molar-refractivity contribution < 1.29 is 14.3 Å². The van der Waals surface area contributed by atoms with E-state index in [1.807, 2.05) is 23.1 Å². The van der Waals surface area contributed by atoms with E-state index in [-0.39, 0.29) is 11.9 Å².